The van der Waals surface area contributed by atoms with Gasteiger partial charge in [0.25, 0.3) is 0 Å². The summed E-state index contributed by atoms with van der Waals surface area (Å²) in [5.41, 5.74) is 0. The summed E-state index contributed by atoms with van der Waals surface area (Å²) in [6.45, 7) is 4.07. The monoisotopic (exact) mass is 200 g/mol. The molecule has 5 nitrogen and oxygen atoms in total. The Morgan fingerprint density at radius 3 is 3.00 bits per heavy atom. The molecule has 1 rings (SSSR count). The van der Waals surface area contributed by atoms with Gasteiger partial charge in [0.05, 0.1) is 12.5 Å². The van der Waals surface area contributed by atoms with Crippen molar-refractivity contribution in [2.24, 2.45) is 5.92 Å². The van der Waals surface area contributed by atoms with Crippen LogP contribution in [0.2, 0.25) is 0 Å². The second-order valence-corrected chi connectivity index (χ2v) is 3.59. The molecule has 0 radical (unpaired) electrons. The average Bonchev–Trinajstić information content (AvgIpc) is 2.16. The topological polar surface area (TPSA) is 69.6 Å². The summed E-state index contributed by atoms with van der Waals surface area (Å²) >= 11 is 0. The van der Waals surface area contributed by atoms with Gasteiger partial charge in [-0.2, -0.15) is 0 Å². The molecule has 1 fully saturated rings. The van der Waals surface area contributed by atoms with Crippen molar-refractivity contribution in [2.45, 2.75) is 13.3 Å². The van der Waals surface area contributed by atoms with Gasteiger partial charge in [0.1, 0.15) is 0 Å². The van der Waals surface area contributed by atoms with E-state index >= 15 is 0 Å². The predicted octanol–water partition coefficient (Wildman–Crippen LogP) is -0.471. The zero-order valence-corrected chi connectivity index (χ0v) is 8.32. The van der Waals surface area contributed by atoms with Crippen molar-refractivity contribution >= 4 is 11.9 Å². The number of hydrogen-bond acceptors (Lipinski definition) is 3. The molecule has 1 unspecified atom stereocenters. The number of hydrogen-bond donors (Lipinski definition) is 2. The molecule has 80 valence electrons. The Bertz CT molecular complexity index is 230. The van der Waals surface area contributed by atoms with Crippen molar-refractivity contribution in [3.8, 4) is 0 Å². The van der Waals surface area contributed by atoms with Crippen molar-refractivity contribution in [3.05, 3.63) is 0 Å². The van der Waals surface area contributed by atoms with Crippen molar-refractivity contribution in [2.75, 3.05) is 26.2 Å². The zero-order chi connectivity index (χ0) is 10.6. The standard InChI is InChI=1S/C9H16N2O3/c1-7(9(13)14)2-4-11-5-3-10-6-8(11)12/h7,10H,2-6H2,1H3,(H,13,14). The maximum atomic E-state index is 11.3. The van der Waals surface area contributed by atoms with E-state index in [0.717, 1.165) is 6.54 Å². The fraction of sp³-hybridized carbons (Fsp3) is 0.778. The third-order valence-corrected chi connectivity index (χ3v) is 2.44. The highest BCUT2D eigenvalue weighted by Gasteiger charge is 2.19. The maximum absolute atomic E-state index is 11.3. The first kappa shape index (κ1) is 11.0. The molecule has 0 aromatic carbocycles. The molecule has 0 bridgehead atoms. The smallest absolute Gasteiger partial charge is 0.306 e. The Balaban J connectivity index is 2.29. The Labute approximate surface area is 83.1 Å². The van der Waals surface area contributed by atoms with Gasteiger partial charge in [-0.05, 0) is 6.42 Å². The lowest BCUT2D eigenvalue weighted by Gasteiger charge is -2.27. The molecule has 0 aliphatic carbocycles. The van der Waals surface area contributed by atoms with Crippen LogP contribution in [0.1, 0.15) is 13.3 Å². The van der Waals surface area contributed by atoms with Gasteiger partial charge in [-0.1, -0.05) is 6.92 Å². The summed E-state index contributed by atoms with van der Waals surface area (Å²) in [4.78, 5) is 23.5. The van der Waals surface area contributed by atoms with Crippen LogP contribution < -0.4 is 5.32 Å². The molecule has 0 spiro atoms. The Morgan fingerprint density at radius 2 is 2.43 bits per heavy atom. The van der Waals surface area contributed by atoms with E-state index in [0.29, 0.717) is 26.1 Å². The van der Waals surface area contributed by atoms with Gasteiger partial charge in [0.2, 0.25) is 5.91 Å². The predicted molar refractivity (Wildman–Crippen MR) is 50.9 cm³/mol. The van der Waals surface area contributed by atoms with Crippen molar-refractivity contribution < 1.29 is 14.7 Å². The van der Waals surface area contributed by atoms with Crippen LogP contribution in [0.3, 0.4) is 0 Å². The number of rotatable bonds is 4. The minimum atomic E-state index is -0.799. The van der Waals surface area contributed by atoms with Crippen LogP contribution in [-0.4, -0.2) is 48.1 Å². The van der Waals surface area contributed by atoms with Crippen LogP contribution in [0, 0.1) is 5.92 Å². The summed E-state index contributed by atoms with van der Waals surface area (Å²) in [7, 11) is 0. The molecule has 1 saturated heterocycles. The quantitative estimate of drug-likeness (QED) is 0.643. The number of carboxylic acid groups (broad SMARTS) is 1. The SMILES string of the molecule is CC(CCN1CCNCC1=O)C(=O)O. The number of carbonyl (C=O) groups is 2. The normalized spacial score (nSPS) is 19.5. The molecular weight excluding hydrogens is 184 g/mol. The average molecular weight is 200 g/mol. The molecule has 1 atom stereocenters. The Hall–Kier alpha value is -1.10. The largest absolute Gasteiger partial charge is 0.481 e. The van der Waals surface area contributed by atoms with Gasteiger partial charge in [0, 0.05) is 19.6 Å². The Morgan fingerprint density at radius 1 is 1.71 bits per heavy atom. The van der Waals surface area contributed by atoms with E-state index in [1.165, 1.54) is 0 Å². The molecule has 1 heterocycles. The molecule has 0 aromatic rings. The summed E-state index contributed by atoms with van der Waals surface area (Å²) < 4.78 is 0. The zero-order valence-electron chi connectivity index (χ0n) is 8.32. The molecule has 0 aromatic heterocycles. The number of aliphatic carboxylic acids is 1. The fourth-order valence-corrected chi connectivity index (χ4v) is 1.36. The minimum absolute atomic E-state index is 0.0637. The maximum Gasteiger partial charge on any atom is 0.306 e. The lowest BCUT2D eigenvalue weighted by molar-refractivity contribution is -0.142. The summed E-state index contributed by atoms with van der Waals surface area (Å²) in [5, 5.41) is 11.6. The number of carbonyl (C=O) groups excluding carboxylic acids is 1. The first-order valence-electron chi connectivity index (χ1n) is 4.82. The van der Waals surface area contributed by atoms with E-state index in [-0.39, 0.29) is 11.8 Å². The van der Waals surface area contributed by atoms with Crippen molar-refractivity contribution in [1.82, 2.24) is 10.2 Å². The number of carboxylic acids is 1. The van der Waals surface area contributed by atoms with E-state index in [1.54, 1.807) is 11.8 Å². The second kappa shape index (κ2) is 4.95. The third-order valence-electron chi connectivity index (χ3n) is 2.44. The summed E-state index contributed by atoms with van der Waals surface area (Å²) in [5.74, 6) is -1.11. The number of nitrogens with one attached hydrogen (secondary N) is 1. The first-order chi connectivity index (χ1) is 6.61. The minimum Gasteiger partial charge on any atom is -0.481 e. The van der Waals surface area contributed by atoms with E-state index in [1.807, 2.05) is 0 Å². The van der Waals surface area contributed by atoms with Crippen molar-refractivity contribution in [3.63, 3.8) is 0 Å². The van der Waals surface area contributed by atoms with Crippen LogP contribution in [0.25, 0.3) is 0 Å². The fourth-order valence-electron chi connectivity index (χ4n) is 1.36. The van der Waals surface area contributed by atoms with Crippen LogP contribution in [0.15, 0.2) is 0 Å². The highest BCUT2D eigenvalue weighted by atomic mass is 16.4. The van der Waals surface area contributed by atoms with Crippen LogP contribution in [-0.2, 0) is 9.59 Å². The lowest BCUT2D eigenvalue weighted by Crippen LogP contribution is -2.48. The third kappa shape index (κ3) is 2.99. The van der Waals surface area contributed by atoms with Crippen molar-refractivity contribution in [1.29, 1.82) is 0 Å². The van der Waals surface area contributed by atoms with Gasteiger partial charge < -0.3 is 15.3 Å². The van der Waals surface area contributed by atoms with Crippen LogP contribution in [0.5, 0.6) is 0 Å². The van der Waals surface area contributed by atoms with Gasteiger partial charge in [-0.25, -0.2) is 0 Å². The first-order valence-corrected chi connectivity index (χ1v) is 4.82. The molecule has 1 amide bonds. The van der Waals surface area contributed by atoms with E-state index in [4.69, 9.17) is 5.11 Å². The van der Waals surface area contributed by atoms with Crippen LogP contribution >= 0.6 is 0 Å². The van der Waals surface area contributed by atoms with Gasteiger partial charge in [-0.15, -0.1) is 0 Å². The molecular formula is C9H16N2O3. The van der Waals surface area contributed by atoms with Gasteiger partial charge in [-0.3, -0.25) is 9.59 Å². The summed E-state index contributed by atoms with van der Waals surface area (Å²) in [6, 6.07) is 0. The highest BCUT2D eigenvalue weighted by molar-refractivity contribution is 5.79. The van der Waals surface area contributed by atoms with Crippen LogP contribution in [0.4, 0.5) is 0 Å². The van der Waals surface area contributed by atoms with E-state index in [9.17, 15) is 9.59 Å². The molecule has 0 saturated carbocycles. The lowest BCUT2D eigenvalue weighted by atomic mass is 10.1. The molecule has 1 aliphatic rings. The number of amides is 1. The summed E-state index contributed by atoms with van der Waals surface area (Å²) in [6.07, 6.45) is 0.529. The van der Waals surface area contributed by atoms with E-state index < -0.39 is 5.97 Å². The molecule has 14 heavy (non-hydrogen) atoms. The Kier molecular flexibility index (Phi) is 3.88. The molecule has 2 N–H and O–H groups in total. The second-order valence-electron chi connectivity index (χ2n) is 3.59. The van der Waals surface area contributed by atoms with Gasteiger partial charge >= 0.3 is 5.97 Å². The molecule has 5 heteroatoms. The number of piperazine rings is 1. The van der Waals surface area contributed by atoms with E-state index in [2.05, 4.69) is 5.32 Å². The number of nitrogens with zero attached hydrogens (tertiary/aromatic N) is 1. The molecule has 1 aliphatic heterocycles. The highest BCUT2D eigenvalue weighted by Crippen LogP contribution is 2.05. The van der Waals surface area contributed by atoms with Gasteiger partial charge in [0.15, 0.2) is 0 Å².